The molecule has 1 N–H and O–H groups in total. The molecule has 1 nitrogen and oxygen atoms in total. The van der Waals surface area contributed by atoms with Gasteiger partial charge in [0, 0.05) is 19.1 Å². The summed E-state index contributed by atoms with van der Waals surface area (Å²) < 4.78 is 2.28. The van der Waals surface area contributed by atoms with Crippen LogP contribution >= 0.6 is 54.5 Å². The summed E-state index contributed by atoms with van der Waals surface area (Å²) in [6.07, 6.45) is 0. The molecule has 2 rings (SSSR count). The van der Waals surface area contributed by atoms with Gasteiger partial charge in [0.05, 0.1) is 9.83 Å². The van der Waals surface area contributed by atoms with Gasteiger partial charge in [0.2, 0.25) is 0 Å². The van der Waals surface area contributed by atoms with E-state index in [1.54, 1.807) is 11.3 Å². The third-order valence-electron chi connectivity index (χ3n) is 2.63. The van der Waals surface area contributed by atoms with Crippen molar-refractivity contribution in [3.8, 4) is 0 Å². The predicted octanol–water partition coefficient (Wildman–Crippen LogP) is 5.26. The number of thiophene rings is 2. The summed E-state index contributed by atoms with van der Waals surface area (Å²) in [6, 6.07) is 4.75. The Morgan fingerprint density at radius 1 is 1.18 bits per heavy atom. The summed E-state index contributed by atoms with van der Waals surface area (Å²) in [6.45, 7) is 4.35. The topological polar surface area (TPSA) is 12.0 Å². The third-order valence-corrected chi connectivity index (χ3v) is 6.93. The zero-order valence-electron chi connectivity index (χ0n) is 9.80. The van der Waals surface area contributed by atoms with Crippen LogP contribution < -0.4 is 5.32 Å². The van der Waals surface area contributed by atoms with Crippen LogP contribution in [0.2, 0.25) is 0 Å². The quantitative estimate of drug-likeness (QED) is 0.748. The monoisotopic (exact) mass is 393 g/mol. The lowest BCUT2D eigenvalue weighted by molar-refractivity contribution is 0.702. The van der Waals surface area contributed by atoms with Gasteiger partial charge in [0.25, 0.3) is 0 Å². The molecule has 1 atom stereocenters. The summed E-state index contributed by atoms with van der Waals surface area (Å²) in [5.74, 6) is 0. The van der Waals surface area contributed by atoms with Gasteiger partial charge >= 0.3 is 0 Å². The molecule has 0 saturated heterocycles. The highest BCUT2D eigenvalue weighted by Gasteiger charge is 2.19. The molecule has 1 unspecified atom stereocenters. The highest BCUT2D eigenvalue weighted by atomic mass is 79.9. The highest BCUT2D eigenvalue weighted by Crippen LogP contribution is 2.39. The van der Waals surface area contributed by atoms with Crippen molar-refractivity contribution < 1.29 is 0 Å². The maximum absolute atomic E-state index is 3.56. The van der Waals surface area contributed by atoms with E-state index < -0.39 is 0 Å². The van der Waals surface area contributed by atoms with Gasteiger partial charge in [-0.25, -0.2) is 0 Å². The molecule has 0 saturated carbocycles. The molecule has 0 spiro atoms. The summed E-state index contributed by atoms with van der Waals surface area (Å²) in [5.41, 5.74) is 1.39. The molecule has 2 heterocycles. The predicted molar refractivity (Wildman–Crippen MR) is 84.4 cm³/mol. The van der Waals surface area contributed by atoms with E-state index in [0.717, 1.165) is 8.26 Å². The van der Waals surface area contributed by atoms with E-state index in [2.05, 4.69) is 63.2 Å². The fourth-order valence-corrected chi connectivity index (χ4v) is 5.08. The van der Waals surface area contributed by atoms with Crippen LogP contribution in [-0.2, 0) is 0 Å². The Bertz CT molecular complexity index is 511. The fraction of sp³-hybridized carbons (Fsp3) is 0.333. The van der Waals surface area contributed by atoms with Crippen molar-refractivity contribution in [2.24, 2.45) is 0 Å². The van der Waals surface area contributed by atoms with Gasteiger partial charge in [-0.1, -0.05) is 0 Å². The van der Waals surface area contributed by atoms with Crippen molar-refractivity contribution in [3.05, 3.63) is 40.6 Å². The lowest BCUT2D eigenvalue weighted by atomic mass is 10.1. The Hall–Kier alpha value is 0.320. The molecule has 0 aliphatic heterocycles. The van der Waals surface area contributed by atoms with Gasteiger partial charge in [-0.15, -0.1) is 22.7 Å². The number of hydrogen-bond acceptors (Lipinski definition) is 3. The van der Waals surface area contributed by atoms with E-state index >= 15 is 0 Å². The first-order valence-electron chi connectivity index (χ1n) is 5.22. The van der Waals surface area contributed by atoms with Gasteiger partial charge in [-0.05, 0) is 70.5 Å². The van der Waals surface area contributed by atoms with Crippen LogP contribution in [0.1, 0.15) is 26.2 Å². The molecule has 0 amide bonds. The molecule has 0 radical (unpaired) electrons. The standard InChI is InChI=1S/C12H13Br2NS2/c1-6-4-8(7(2)16-6)11(15-3)10-5-9(13)12(14)17-10/h4-5,11,15H,1-3H3. The molecular weight excluding hydrogens is 382 g/mol. The number of hydrogen-bond donors (Lipinski definition) is 1. The lowest BCUT2D eigenvalue weighted by Crippen LogP contribution is -2.16. The molecular formula is C12H13Br2NS2. The third kappa shape index (κ3) is 2.84. The molecule has 2 aromatic heterocycles. The van der Waals surface area contributed by atoms with Crippen molar-refractivity contribution in [2.75, 3.05) is 7.05 Å². The average molecular weight is 395 g/mol. The van der Waals surface area contributed by atoms with Crippen LogP contribution in [0.3, 0.4) is 0 Å². The largest absolute Gasteiger partial charge is 0.309 e. The molecule has 17 heavy (non-hydrogen) atoms. The van der Waals surface area contributed by atoms with Crippen LogP contribution in [0.15, 0.2) is 20.4 Å². The van der Waals surface area contributed by atoms with E-state index in [0.29, 0.717) is 0 Å². The van der Waals surface area contributed by atoms with Crippen LogP contribution in [0.25, 0.3) is 0 Å². The maximum Gasteiger partial charge on any atom is 0.0843 e. The average Bonchev–Trinajstić information content (AvgIpc) is 2.74. The fourth-order valence-electron chi connectivity index (χ4n) is 1.89. The Balaban J connectivity index is 2.43. The summed E-state index contributed by atoms with van der Waals surface area (Å²) in [4.78, 5) is 4.09. The van der Waals surface area contributed by atoms with Crippen molar-refractivity contribution >= 4 is 54.5 Å². The second-order valence-electron chi connectivity index (χ2n) is 3.86. The molecule has 2 aromatic rings. The maximum atomic E-state index is 3.56. The zero-order chi connectivity index (χ0) is 12.6. The van der Waals surface area contributed by atoms with Crippen molar-refractivity contribution in [2.45, 2.75) is 19.9 Å². The van der Waals surface area contributed by atoms with E-state index in [1.807, 2.05) is 18.4 Å². The van der Waals surface area contributed by atoms with Gasteiger partial charge in [0.15, 0.2) is 0 Å². The summed E-state index contributed by atoms with van der Waals surface area (Å²) in [5, 5.41) is 3.40. The van der Waals surface area contributed by atoms with Crippen molar-refractivity contribution in [1.29, 1.82) is 0 Å². The summed E-state index contributed by atoms with van der Waals surface area (Å²) in [7, 11) is 2.01. The Morgan fingerprint density at radius 3 is 2.29 bits per heavy atom. The Labute approximate surface area is 127 Å². The van der Waals surface area contributed by atoms with E-state index in [9.17, 15) is 0 Å². The van der Waals surface area contributed by atoms with Crippen LogP contribution in [0.4, 0.5) is 0 Å². The molecule has 0 aliphatic carbocycles. The molecule has 0 fully saturated rings. The van der Waals surface area contributed by atoms with E-state index in [4.69, 9.17) is 0 Å². The van der Waals surface area contributed by atoms with Crippen molar-refractivity contribution in [1.82, 2.24) is 5.32 Å². The minimum absolute atomic E-state index is 0.285. The van der Waals surface area contributed by atoms with Gasteiger partial charge in [0.1, 0.15) is 0 Å². The van der Waals surface area contributed by atoms with Crippen molar-refractivity contribution in [3.63, 3.8) is 0 Å². The Kier molecular flexibility index (Phi) is 4.47. The molecule has 0 bridgehead atoms. The SMILES string of the molecule is CNC(c1cc(Br)c(Br)s1)c1cc(C)sc1C. The minimum Gasteiger partial charge on any atom is -0.309 e. The summed E-state index contributed by atoms with van der Waals surface area (Å²) >= 11 is 10.7. The lowest BCUT2D eigenvalue weighted by Gasteiger charge is -2.14. The van der Waals surface area contributed by atoms with E-state index in [-0.39, 0.29) is 6.04 Å². The highest BCUT2D eigenvalue weighted by molar-refractivity contribution is 9.13. The smallest absolute Gasteiger partial charge is 0.0843 e. The minimum atomic E-state index is 0.285. The number of nitrogens with one attached hydrogen (secondary N) is 1. The van der Waals surface area contributed by atoms with Gasteiger partial charge in [-0.3, -0.25) is 0 Å². The Morgan fingerprint density at radius 2 is 1.88 bits per heavy atom. The van der Waals surface area contributed by atoms with Gasteiger partial charge in [-0.2, -0.15) is 0 Å². The van der Waals surface area contributed by atoms with Crippen LogP contribution in [0.5, 0.6) is 0 Å². The number of halogens is 2. The second kappa shape index (κ2) is 5.53. The molecule has 0 aromatic carbocycles. The number of rotatable bonds is 3. The van der Waals surface area contributed by atoms with Crippen LogP contribution in [0, 0.1) is 13.8 Å². The first-order chi connectivity index (χ1) is 8.02. The molecule has 0 aliphatic rings. The zero-order valence-corrected chi connectivity index (χ0v) is 14.6. The normalized spacial score (nSPS) is 13.0. The second-order valence-corrected chi connectivity index (χ2v) is 8.58. The molecule has 92 valence electrons. The molecule has 5 heteroatoms. The first-order valence-corrected chi connectivity index (χ1v) is 8.43. The van der Waals surface area contributed by atoms with Gasteiger partial charge < -0.3 is 5.32 Å². The first kappa shape index (κ1) is 13.7. The van der Waals surface area contributed by atoms with Crippen LogP contribution in [-0.4, -0.2) is 7.05 Å². The number of aryl methyl sites for hydroxylation is 2. The van der Waals surface area contributed by atoms with E-state index in [1.165, 1.54) is 20.2 Å².